The van der Waals surface area contributed by atoms with Crippen LogP contribution < -0.4 is 42.2 Å². The molecule has 11 rings (SSSR count). The van der Waals surface area contributed by atoms with Crippen molar-refractivity contribution >= 4 is 91.2 Å². The molecule has 0 bridgehead atoms. The number of ether oxygens (including phenoxy) is 3. The summed E-state index contributed by atoms with van der Waals surface area (Å²) in [5.41, 5.74) is 17.1. The molecule has 8 N–H and O–H groups in total. The number of carbonyl (C=O) groups is 6. The van der Waals surface area contributed by atoms with Crippen LogP contribution in [0.4, 0.5) is 21.9 Å². The minimum absolute atomic E-state index is 0.0438. The number of para-hydroxylation sites is 2. The van der Waals surface area contributed by atoms with Gasteiger partial charge in [-0.3, -0.25) is 28.5 Å². The predicted octanol–water partition coefficient (Wildman–Crippen LogP) is 12.4. The summed E-state index contributed by atoms with van der Waals surface area (Å²) in [4.78, 5) is 101. The molecule has 578 valence electrons. The van der Waals surface area contributed by atoms with E-state index in [0.717, 1.165) is 81.9 Å². The van der Waals surface area contributed by atoms with E-state index < -0.39 is 51.6 Å². The Labute approximate surface area is 642 Å². The summed E-state index contributed by atoms with van der Waals surface area (Å²) in [5.74, 6) is -1.88. The highest BCUT2D eigenvalue weighted by molar-refractivity contribution is 8.03. The van der Waals surface area contributed by atoms with E-state index in [2.05, 4.69) is 119 Å². The van der Waals surface area contributed by atoms with Crippen LogP contribution in [0.25, 0.3) is 22.3 Å². The number of primary amides is 1. The molecule has 4 aromatic carbocycles. The van der Waals surface area contributed by atoms with Gasteiger partial charge in [-0.25, -0.2) is 14.6 Å². The summed E-state index contributed by atoms with van der Waals surface area (Å²) in [5, 5.41) is 23.6. The number of unbranched alkanes of at least 4 members (excludes halogenated alkanes) is 3. The van der Waals surface area contributed by atoms with Crippen molar-refractivity contribution in [1.82, 2.24) is 25.5 Å². The van der Waals surface area contributed by atoms with Crippen LogP contribution in [0.2, 0.25) is 0 Å². The number of aromatic nitrogens is 2. The average Bonchev–Trinajstić information content (AvgIpc) is 1.62. The molecule has 0 saturated heterocycles. The van der Waals surface area contributed by atoms with Gasteiger partial charge in [0.05, 0.1) is 53.7 Å². The van der Waals surface area contributed by atoms with E-state index in [-0.39, 0.29) is 103 Å². The van der Waals surface area contributed by atoms with Gasteiger partial charge in [-0.05, 0) is 167 Å². The summed E-state index contributed by atoms with van der Waals surface area (Å²) in [6, 6.07) is 28.5. The number of hydrogen-bond donors (Lipinski definition) is 7. The van der Waals surface area contributed by atoms with E-state index in [4.69, 9.17) is 24.9 Å². The first-order chi connectivity index (χ1) is 52.1. The maximum Gasteiger partial charge on any atom is 0.343 e. The molecule has 5 aliphatic rings. The van der Waals surface area contributed by atoms with Crippen LogP contribution in [0.15, 0.2) is 148 Å². The Bertz CT molecular complexity index is 4860. The van der Waals surface area contributed by atoms with E-state index in [0.29, 0.717) is 79.3 Å². The number of nitrogens with one attached hydrogen (secondary N) is 4. The predicted molar refractivity (Wildman–Crippen MR) is 424 cm³/mol. The fraction of sp³-hybridized carbons (Fsp3) is 0.440. The third-order valence-electron chi connectivity index (χ3n) is 21.7. The van der Waals surface area contributed by atoms with Gasteiger partial charge in [0.2, 0.25) is 23.4 Å². The van der Waals surface area contributed by atoms with E-state index >= 15 is 0 Å². The Morgan fingerprint density at radius 1 is 0.826 bits per heavy atom. The zero-order valence-electron chi connectivity index (χ0n) is 63.8. The smallest absolute Gasteiger partial charge is 0.343 e. The topological polar surface area (TPSA) is 320 Å². The molecule has 0 radical (unpaired) electrons. The number of aryl methyl sites for hydroxylation is 1. The lowest BCUT2D eigenvalue weighted by molar-refractivity contribution is -0.438. The second kappa shape index (κ2) is 34.5. The number of nitrogens with zero attached hydrogens (tertiary/aromatic N) is 4. The molecule has 3 atom stereocenters. The highest BCUT2D eigenvalue weighted by Crippen LogP contribution is 2.49. The number of anilines is 2. The number of aliphatic hydroxyl groups is 1. The fourth-order valence-corrected chi connectivity index (χ4v) is 17.5. The molecule has 6 aromatic rings. The number of amides is 5. The van der Waals surface area contributed by atoms with Gasteiger partial charge in [0, 0.05) is 93.3 Å². The van der Waals surface area contributed by atoms with Gasteiger partial charge in [-0.15, -0.1) is 11.8 Å². The number of benzene rings is 4. The van der Waals surface area contributed by atoms with Crippen LogP contribution in [-0.4, -0.2) is 124 Å². The molecule has 0 spiro atoms. The molecule has 4 aliphatic heterocycles. The number of pyridine rings is 2. The average molecular weight is 1530 g/mol. The standard InChI is InChI=1S/C84H101N9O14S2/c1-10-58-59-47-57(37-38-65(59)88-75-60(58)49-93-69(75)48-64-61(79(93)98)51-107-80(99)84(64,101)11-2)106-50-53-31-35-56(36-32-53)87-77(96)66(27-22-42-86-81(85)100)89-78(97)74(52(3)4)90-72(94)30-13-12-18-43-91-67-28-16-14-25-62(67)82(5,6)70(91)39-33-54-23-21-24-55(76(54)108-45-41-73(95)105-9)34-40-71-83(7,8)63-26-15-17-29-68(63)92(71)44-19-20-46-109(102,103)104/h14-17,25-26,28-29,31-40,47-48,52,66,74,101H,10-13,18-24,27,30,41-46,49-51H2,1-9H3,(H6-,85,86,87,89,90,94,96,97,100,102,103,104)/p+1/t66-,74-,84-/m0/s1. The number of allylic oxidation sites excluding steroid dienone is 7. The van der Waals surface area contributed by atoms with Gasteiger partial charge in [0.1, 0.15) is 37.6 Å². The number of esters is 2. The molecule has 1 aliphatic carbocycles. The molecule has 25 heteroatoms. The SMILES string of the molecule is CCc1c2c(nc3ccc(OCc4ccc(NC(=O)[C@H](CCCNC(N)=O)NC(=O)[C@@H](NC(=O)CCCCC[N+]5=C(/C=C/C6=C(SCCC(=O)OC)C(=C/C=C7/N(CCCCS(=O)(=O)O)c8ccccc8C7(C)C)/CCC6)C(C)(C)c6ccccc65)C(C)C)cc4)cc13)-c1cc3c(c(=O)n1C2)COC(=O)[C@]3(O)CC. The number of hydrogen-bond acceptors (Lipinski definition) is 16. The Morgan fingerprint density at radius 2 is 1.58 bits per heavy atom. The number of nitrogens with two attached hydrogens (primary N) is 1. The number of urea groups is 1. The minimum Gasteiger partial charge on any atom is -0.489 e. The van der Waals surface area contributed by atoms with Crippen molar-refractivity contribution in [2.24, 2.45) is 11.7 Å². The van der Waals surface area contributed by atoms with Gasteiger partial charge >= 0.3 is 18.0 Å². The van der Waals surface area contributed by atoms with Crippen molar-refractivity contribution in [3.05, 3.63) is 192 Å². The molecular formula is C84H102N9O14S2+. The highest BCUT2D eigenvalue weighted by Gasteiger charge is 2.47. The van der Waals surface area contributed by atoms with Crippen LogP contribution in [-0.2, 0) is 86.2 Å². The van der Waals surface area contributed by atoms with E-state index in [1.165, 1.54) is 29.4 Å². The third-order valence-corrected chi connectivity index (χ3v) is 23.7. The lowest BCUT2D eigenvalue weighted by Crippen LogP contribution is -2.54. The normalized spacial score (nSPS) is 18.1. The maximum absolute atomic E-state index is 14.2. The molecule has 0 saturated carbocycles. The quantitative estimate of drug-likeness (QED) is 0.00870. The Hall–Kier alpha value is -9.69. The summed E-state index contributed by atoms with van der Waals surface area (Å²) < 4.78 is 53.4. The monoisotopic (exact) mass is 1520 g/mol. The van der Waals surface area contributed by atoms with Gasteiger partial charge in [0.25, 0.3) is 15.7 Å². The van der Waals surface area contributed by atoms with Crippen molar-refractivity contribution in [3.63, 3.8) is 0 Å². The number of thioether (sulfide) groups is 1. The first-order valence-corrected chi connectivity index (χ1v) is 40.5. The fourth-order valence-electron chi connectivity index (χ4n) is 15.7. The molecule has 0 unspecified atom stereocenters. The largest absolute Gasteiger partial charge is 0.489 e. The summed E-state index contributed by atoms with van der Waals surface area (Å²) in [6.45, 7) is 17.9. The highest BCUT2D eigenvalue weighted by atomic mass is 32.2. The summed E-state index contributed by atoms with van der Waals surface area (Å²) in [6.07, 6.45) is 16.0. The zero-order chi connectivity index (χ0) is 78.1. The van der Waals surface area contributed by atoms with E-state index in [9.17, 15) is 51.6 Å². The number of methoxy groups -OCH3 is 1. The maximum atomic E-state index is 14.2. The first-order valence-electron chi connectivity index (χ1n) is 37.9. The van der Waals surface area contributed by atoms with Gasteiger partial charge in [-0.2, -0.15) is 13.0 Å². The van der Waals surface area contributed by atoms with Crippen LogP contribution in [0.3, 0.4) is 0 Å². The van der Waals surface area contributed by atoms with Crippen molar-refractivity contribution < 1.29 is 65.6 Å². The molecule has 109 heavy (non-hydrogen) atoms. The van der Waals surface area contributed by atoms with Crippen LogP contribution in [0, 0.1) is 5.92 Å². The summed E-state index contributed by atoms with van der Waals surface area (Å²) in [7, 11) is -2.68. The Kier molecular flexibility index (Phi) is 25.4. The van der Waals surface area contributed by atoms with Crippen molar-refractivity contribution in [2.75, 3.05) is 48.5 Å². The second-order valence-corrected chi connectivity index (χ2v) is 32.7. The van der Waals surface area contributed by atoms with E-state index in [1.54, 1.807) is 41.5 Å². The molecule has 6 heterocycles. The first kappa shape index (κ1) is 80.3. The van der Waals surface area contributed by atoms with Gasteiger partial charge < -0.3 is 55.8 Å². The van der Waals surface area contributed by atoms with E-state index in [1.807, 2.05) is 63.2 Å². The van der Waals surface area contributed by atoms with Crippen LogP contribution in [0.5, 0.6) is 5.75 Å². The Morgan fingerprint density at radius 3 is 2.30 bits per heavy atom. The van der Waals surface area contributed by atoms with Crippen molar-refractivity contribution in [1.29, 1.82) is 0 Å². The molecule has 23 nitrogen and oxygen atoms in total. The number of cyclic esters (lactones) is 1. The van der Waals surface area contributed by atoms with Crippen LogP contribution >= 0.6 is 11.8 Å². The molecule has 0 fully saturated rings. The Balaban J connectivity index is 0.719. The summed E-state index contributed by atoms with van der Waals surface area (Å²) >= 11 is 1.67. The lowest BCUT2D eigenvalue weighted by Gasteiger charge is -2.31. The molecule has 2 aromatic heterocycles. The third kappa shape index (κ3) is 18.0. The second-order valence-electron chi connectivity index (χ2n) is 30.0. The molecular weight excluding hydrogens is 1420 g/mol. The van der Waals surface area contributed by atoms with Crippen LogP contribution in [0.1, 0.15) is 178 Å². The van der Waals surface area contributed by atoms with Crippen molar-refractivity contribution in [2.45, 2.75) is 194 Å². The molecule has 5 amide bonds. The minimum atomic E-state index is -4.08. The number of rotatable bonds is 33. The van der Waals surface area contributed by atoms with Gasteiger partial charge in [0.15, 0.2) is 11.3 Å². The number of fused-ring (bicyclic) bond motifs is 7. The van der Waals surface area contributed by atoms with Gasteiger partial charge in [-0.1, -0.05) is 102 Å². The lowest BCUT2D eigenvalue weighted by atomic mass is 9.81. The van der Waals surface area contributed by atoms with Crippen molar-refractivity contribution in [3.8, 4) is 17.1 Å². The zero-order valence-corrected chi connectivity index (χ0v) is 65.4. The number of carbonyl (C=O) groups excluding carboxylic acids is 6.